The van der Waals surface area contributed by atoms with Crippen LogP contribution in [0.1, 0.15) is 29.7 Å². The van der Waals surface area contributed by atoms with E-state index in [1.165, 1.54) is 10.4 Å². The summed E-state index contributed by atoms with van der Waals surface area (Å²) >= 11 is 1.67. The number of benzene rings is 1. The Balaban J connectivity index is 1.50. The first-order valence-corrected chi connectivity index (χ1v) is 10.0. The Bertz CT molecular complexity index is 1170. The van der Waals surface area contributed by atoms with Crippen molar-refractivity contribution in [2.45, 2.75) is 32.7 Å². The normalized spacial score (nSPS) is 16.6. The molecule has 0 fully saturated rings. The van der Waals surface area contributed by atoms with Crippen LogP contribution in [-0.4, -0.2) is 14.5 Å². The van der Waals surface area contributed by atoms with Gasteiger partial charge >= 0.3 is 0 Å². The first kappa shape index (κ1) is 16.4. The van der Waals surface area contributed by atoms with Gasteiger partial charge in [0.25, 0.3) is 5.56 Å². The molecule has 0 radical (unpaired) electrons. The van der Waals surface area contributed by atoms with Crippen molar-refractivity contribution >= 4 is 21.6 Å². The minimum absolute atomic E-state index is 0.00603. The fraction of sp³-hybridized carbons (Fsp3) is 0.286. The van der Waals surface area contributed by atoms with E-state index in [9.17, 15) is 4.79 Å². The summed E-state index contributed by atoms with van der Waals surface area (Å²) in [6, 6.07) is 9.83. The number of thiophene rings is 1. The minimum Gasteiger partial charge on any atom is -0.439 e. The molecule has 0 aliphatic heterocycles. The van der Waals surface area contributed by atoms with Gasteiger partial charge in [0.05, 0.1) is 17.9 Å². The highest BCUT2D eigenvalue weighted by Gasteiger charge is 2.23. The van der Waals surface area contributed by atoms with Gasteiger partial charge in [-0.3, -0.25) is 9.36 Å². The van der Waals surface area contributed by atoms with Crippen LogP contribution in [0.3, 0.4) is 0 Å². The highest BCUT2D eigenvalue weighted by atomic mass is 32.1. The molecule has 6 heteroatoms. The molecular formula is C21H19N3O2S. The zero-order valence-corrected chi connectivity index (χ0v) is 15.8. The fourth-order valence-electron chi connectivity index (χ4n) is 3.74. The number of aromatic nitrogens is 3. The van der Waals surface area contributed by atoms with Crippen LogP contribution in [0.15, 0.2) is 52.1 Å². The molecule has 0 bridgehead atoms. The van der Waals surface area contributed by atoms with Crippen LogP contribution >= 0.6 is 11.3 Å². The highest BCUT2D eigenvalue weighted by molar-refractivity contribution is 7.18. The topological polar surface area (TPSA) is 60.9 Å². The van der Waals surface area contributed by atoms with Crippen LogP contribution in [0.5, 0.6) is 0 Å². The third kappa shape index (κ3) is 2.90. The summed E-state index contributed by atoms with van der Waals surface area (Å²) in [4.78, 5) is 24.2. The number of hydrogen-bond acceptors (Lipinski definition) is 5. The molecule has 3 aromatic heterocycles. The maximum absolute atomic E-state index is 13.1. The Labute approximate surface area is 160 Å². The number of hydrogen-bond donors (Lipinski definition) is 0. The third-order valence-corrected chi connectivity index (χ3v) is 6.36. The second-order valence-corrected chi connectivity index (χ2v) is 8.28. The SMILES string of the molecule is C[C@H]1CCc2c(sc3ncn(Cc4ncc(-c5ccccc5)o4)c(=O)c23)C1. The third-order valence-electron chi connectivity index (χ3n) is 5.20. The maximum Gasteiger partial charge on any atom is 0.262 e. The van der Waals surface area contributed by atoms with Crippen LogP contribution < -0.4 is 5.56 Å². The Morgan fingerprint density at radius 2 is 2.11 bits per heavy atom. The van der Waals surface area contributed by atoms with E-state index >= 15 is 0 Å². The van der Waals surface area contributed by atoms with Crippen molar-refractivity contribution in [2.75, 3.05) is 0 Å². The molecule has 1 aliphatic rings. The average molecular weight is 377 g/mol. The van der Waals surface area contributed by atoms with Crippen molar-refractivity contribution in [1.29, 1.82) is 0 Å². The number of rotatable bonds is 3. The van der Waals surface area contributed by atoms with E-state index in [-0.39, 0.29) is 12.1 Å². The fourth-order valence-corrected chi connectivity index (χ4v) is 5.08. The number of oxazole rings is 1. The summed E-state index contributed by atoms with van der Waals surface area (Å²) in [7, 11) is 0. The second-order valence-electron chi connectivity index (χ2n) is 7.19. The van der Waals surface area contributed by atoms with Gasteiger partial charge in [0, 0.05) is 10.4 Å². The van der Waals surface area contributed by atoms with Crippen molar-refractivity contribution < 1.29 is 4.42 Å². The summed E-state index contributed by atoms with van der Waals surface area (Å²) in [5.41, 5.74) is 2.18. The van der Waals surface area contributed by atoms with Crippen molar-refractivity contribution in [3.8, 4) is 11.3 Å². The van der Waals surface area contributed by atoms with Crippen LogP contribution in [-0.2, 0) is 19.4 Å². The van der Waals surface area contributed by atoms with Gasteiger partial charge in [-0.15, -0.1) is 11.3 Å². The number of aryl methyl sites for hydroxylation is 1. The van der Waals surface area contributed by atoms with Gasteiger partial charge in [0.2, 0.25) is 5.89 Å². The van der Waals surface area contributed by atoms with E-state index in [1.807, 2.05) is 30.3 Å². The molecule has 0 amide bonds. The first-order valence-electron chi connectivity index (χ1n) is 9.19. The summed E-state index contributed by atoms with van der Waals surface area (Å²) in [6.45, 7) is 2.56. The van der Waals surface area contributed by atoms with E-state index < -0.39 is 0 Å². The lowest BCUT2D eigenvalue weighted by molar-refractivity contribution is 0.483. The van der Waals surface area contributed by atoms with E-state index in [0.29, 0.717) is 17.6 Å². The lowest BCUT2D eigenvalue weighted by Gasteiger charge is -2.17. The van der Waals surface area contributed by atoms with Gasteiger partial charge in [0.1, 0.15) is 11.4 Å². The van der Waals surface area contributed by atoms with Crippen molar-refractivity contribution in [1.82, 2.24) is 14.5 Å². The van der Waals surface area contributed by atoms with Gasteiger partial charge in [0.15, 0.2) is 5.76 Å². The summed E-state index contributed by atoms with van der Waals surface area (Å²) in [6.07, 6.45) is 6.47. The molecule has 0 saturated carbocycles. The van der Waals surface area contributed by atoms with E-state index in [1.54, 1.807) is 28.4 Å². The van der Waals surface area contributed by atoms with Crippen molar-refractivity contribution in [2.24, 2.45) is 5.92 Å². The lowest BCUT2D eigenvalue weighted by atomic mass is 9.89. The van der Waals surface area contributed by atoms with Gasteiger partial charge in [-0.25, -0.2) is 9.97 Å². The molecule has 3 heterocycles. The van der Waals surface area contributed by atoms with Crippen molar-refractivity contribution in [3.05, 3.63) is 69.5 Å². The molecule has 1 atom stereocenters. The number of nitrogens with zero attached hydrogens (tertiary/aromatic N) is 3. The molecule has 4 aromatic rings. The molecule has 5 rings (SSSR count). The molecule has 0 spiro atoms. The molecule has 1 aliphatic carbocycles. The van der Waals surface area contributed by atoms with Gasteiger partial charge in [-0.2, -0.15) is 0 Å². The molecule has 0 unspecified atom stereocenters. The largest absolute Gasteiger partial charge is 0.439 e. The number of fused-ring (bicyclic) bond motifs is 3. The molecule has 136 valence electrons. The average Bonchev–Trinajstić information content (AvgIpc) is 3.29. The zero-order chi connectivity index (χ0) is 18.4. The molecule has 27 heavy (non-hydrogen) atoms. The molecule has 0 saturated heterocycles. The second kappa shape index (κ2) is 6.46. The van der Waals surface area contributed by atoms with E-state index in [2.05, 4.69) is 16.9 Å². The van der Waals surface area contributed by atoms with Crippen LogP contribution in [0, 0.1) is 5.92 Å². The summed E-state index contributed by atoms with van der Waals surface area (Å²) in [5.74, 6) is 1.89. The van der Waals surface area contributed by atoms with E-state index in [0.717, 1.165) is 35.0 Å². The molecule has 5 nitrogen and oxygen atoms in total. The molecule has 0 N–H and O–H groups in total. The zero-order valence-electron chi connectivity index (χ0n) is 15.0. The Kier molecular flexibility index (Phi) is 3.93. The van der Waals surface area contributed by atoms with Crippen molar-refractivity contribution in [3.63, 3.8) is 0 Å². The van der Waals surface area contributed by atoms with Gasteiger partial charge in [-0.05, 0) is 30.7 Å². The standard InChI is InChI=1S/C21H19N3O2S/c1-13-7-8-15-17(9-13)27-20-19(15)21(25)24(12-23-20)11-18-22-10-16(26-18)14-5-3-2-4-6-14/h2-6,10,12-13H,7-9,11H2,1H3/t13-/m0/s1. The van der Waals surface area contributed by atoms with E-state index in [4.69, 9.17) is 4.42 Å². The summed E-state index contributed by atoms with van der Waals surface area (Å²) < 4.78 is 7.46. The minimum atomic E-state index is 0.00603. The highest BCUT2D eigenvalue weighted by Crippen LogP contribution is 2.35. The molecular weight excluding hydrogens is 358 g/mol. The summed E-state index contributed by atoms with van der Waals surface area (Å²) in [5, 5.41) is 0.791. The van der Waals surface area contributed by atoms with Crippen LogP contribution in [0.4, 0.5) is 0 Å². The van der Waals surface area contributed by atoms with Gasteiger partial charge < -0.3 is 4.42 Å². The monoisotopic (exact) mass is 377 g/mol. The molecule has 1 aromatic carbocycles. The van der Waals surface area contributed by atoms with Crippen LogP contribution in [0.25, 0.3) is 21.5 Å². The Morgan fingerprint density at radius 3 is 2.96 bits per heavy atom. The predicted octanol–water partition coefficient (Wildman–Crippen LogP) is 4.29. The first-order chi connectivity index (χ1) is 13.2. The predicted molar refractivity (Wildman–Crippen MR) is 106 cm³/mol. The Hall–Kier alpha value is -2.73. The maximum atomic E-state index is 13.1. The van der Waals surface area contributed by atoms with Crippen LogP contribution in [0.2, 0.25) is 0 Å². The Morgan fingerprint density at radius 1 is 1.26 bits per heavy atom. The quantitative estimate of drug-likeness (QED) is 0.534. The van der Waals surface area contributed by atoms with Gasteiger partial charge in [-0.1, -0.05) is 37.3 Å². The lowest BCUT2D eigenvalue weighted by Crippen LogP contribution is -2.22. The smallest absolute Gasteiger partial charge is 0.262 e.